The summed E-state index contributed by atoms with van der Waals surface area (Å²) in [5.74, 6) is 0. The highest BCUT2D eigenvalue weighted by atomic mass is 35.5. The van der Waals surface area contributed by atoms with Gasteiger partial charge in [0, 0.05) is 32.2 Å². The van der Waals surface area contributed by atoms with Gasteiger partial charge in [0.25, 0.3) is 0 Å². The molecule has 0 bridgehead atoms. The SMILES string of the molecule is CCN(c1ccccc1C)N(C)C(=O)N(C)Cc1ccc(C(F)(F)F)cc1Cl. The number of hydrogen-bond donors (Lipinski definition) is 0. The minimum atomic E-state index is -4.46. The summed E-state index contributed by atoms with van der Waals surface area (Å²) < 4.78 is 38.3. The van der Waals surface area contributed by atoms with Gasteiger partial charge < -0.3 is 4.90 Å². The predicted octanol–water partition coefficient (Wildman–Crippen LogP) is 5.59. The lowest BCUT2D eigenvalue weighted by Gasteiger charge is -2.36. The number of carbonyl (C=O) groups is 1. The first kappa shape index (κ1) is 21.9. The first-order chi connectivity index (χ1) is 13.1. The second-order valence-corrected chi connectivity index (χ2v) is 6.88. The number of aryl methyl sites for hydroxylation is 1. The Morgan fingerprint density at radius 3 is 2.29 bits per heavy atom. The van der Waals surface area contributed by atoms with E-state index >= 15 is 0 Å². The normalized spacial score (nSPS) is 11.3. The molecule has 0 heterocycles. The quantitative estimate of drug-likeness (QED) is 0.597. The average Bonchev–Trinajstić information content (AvgIpc) is 2.63. The van der Waals surface area contributed by atoms with Crippen molar-refractivity contribution in [1.82, 2.24) is 9.91 Å². The third-order valence-corrected chi connectivity index (χ3v) is 4.80. The molecular formula is C20H23ClF3N3O. The lowest BCUT2D eigenvalue weighted by Crippen LogP contribution is -2.49. The molecular weight excluding hydrogens is 391 g/mol. The van der Waals surface area contributed by atoms with Gasteiger partial charge in [-0.15, -0.1) is 0 Å². The standard InChI is InChI=1S/C20H23ClF3N3O/c1-5-27(18-9-7-6-8-14(18)2)26(4)19(28)25(3)13-15-10-11-16(12-17(15)21)20(22,23)24/h6-12H,5,13H2,1-4H3. The Balaban J connectivity index is 2.16. The number of nitrogens with zero attached hydrogens (tertiary/aromatic N) is 3. The second kappa shape index (κ2) is 8.73. The Kier molecular flexibility index (Phi) is 6.82. The fourth-order valence-corrected chi connectivity index (χ4v) is 3.16. The van der Waals surface area contributed by atoms with Gasteiger partial charge in [-0.05, 0) is 43.2 Å². The van der Waals surface area contributed by atoms with E-state index in [9.17, 15) is 18.0 Å². The maximum Gasteiger partial charge on any atom is 0.416 e. The molecule has 0 N–H and O–H groups in total. The monoisotopic (exact) mass is 413 g/mol. The Hall–Kier alpha value is -2.41. The van der Waals surface area contributed by atoms with Crippen LogP contribution in [0, 0.1) is 6.92 Å². The minimum Gasteiger partial charge on any atom is -0.322 e. The van der Waals surface area contributed by atoms with E-state index in [1.165, 1.54) is 16.0 Å². The summed E-state index contributed by atoms with van der Waals surface area (Å²) in [6, 6.07) is 10.5. The molecule has 2 rings (SSSR count). The Morgan fingerprint density at radius 1 is 1.11 bits per heavy atom. The number of urea groups is 1. The van der Waals surface area contributed by atoms with Crippen LogP contribution in [0.4, 0.5) is 23.7 Å². The lowest BCUT2D eigenvalue weighted by atomic mass is 10.1. The number of anilines is 1. The van der Waals surface area contributed by atoms with Crippen LogP contribution >= 0.6 is 11.6 Å². The number of amides is 2. The number of rotatable bonds is 5. The fourth-order valence-electron chi connectivity index (χ4n) is 2.92. The highest BCUT2D eigenvalue weighted by Crippen LogP contribution is 2.32. The number of carbonyl (C=O) groups excluding carboxylic acids is 1. The van der Waals surface area contributed by atoms with E-state index in [1.807, 2.05) is 43.1 Å². The van der Waals surface area contributed by atoms with Crippen molar-refractivity contribution < 1.29 is 18.0 Å². The molecule has 0 aliphatic rings. The number of hydrazine groups is 1. The van der Waals surface area contributed by atoms with Crippen LogP contribution < -0.4 is 5.01 Å². The van der Waals surface area contributed by atoms with Crippen LogP contribution in [0.2, 0.25) is 5.02 Å². The molecule has 0 unspecified atom stereocenters. The van der Waals surface area contributed by atoms with Crippen LogP contribution in [0.5, 0.6) is 0 Å². The van der Waals surface area contributed by atoms with Crippen LogP contribution in [-0.2, 0) is 12.7 Å². The third kappa shape index (κ3) is 4.90. The highest BCUT2D eigenvalue weighted by molar-refractivity contribution is 6.31. The molecule has 0 radical (unpaired) electrons. The average molecular weight is 414 g/mol. The molecule has 0 aliphatic carbocycles. The maximum absolute atomic E-state index is 12.9. The van der Waals surface area contributed by atoms with Gasteiger partial charge in [-0.25, -0.2) is 9.80 Å². The molecule has 0 aromatic heterocycles. The van der Waals surface area contributed by atoms with Gasteiger partial charge in [0.1, 0.15) is 0 Å². The minimum absolute atomic E-state index is 0.0246. The number of hydrogen-bond acceptors (Lipinski definition) is 2. The van der Waals surface area contributed by atoms with Gasteiger partial charge in [-0.3, -0.25) is 5.01 Å². The van der Waals surface area contributed by atoms with Gasteiger partial charge >= 0.3 is 12.2 Å². The van der Waals surface area contributed by atoms with Crippen LogP contribution in [-0.4, -0.2) is 36.6 Å². The van der Waals surface area contributed by atoms with E-state index < -0.39 is 11.7 Å². The molecule has 2 aromatic rings. The van der Waals surface area contributed by atoms with Gasteiger partial charge in [0.05, 0.1) is 11.3 Å². The van der Waals surface area contributed by atoms with Crippen molar-refractivity contribution in [2.45, 2.75) is 26.6 Å². The van der Waals surface area contributed by atoms with E-state index in [1.54, 1.807) is 14.1 Å². The fraction of sp³-hybridized carbons (Fsp3) is 0.350. The van der Waals surface area contributed by atoms with Crippen molar-refractivity contribution in [3.63, 3.8) is 0 Å². The molecule has 2 amide bonds. The number of alkyl halides is 3. The van der Waals surface area contributed by atoms with Gasteiger partial charge in [-0.1, -0.05) is 35.9 Å². The topological polar surface area (TPSA) is 26.8 Å². The molecule has 4 nitrogen and oxygen atoms in total. The molecule has 0 saturated heterocycles. The second-order valence-electron chi connectivity index (χ2n) is 6.47. The highest BCUT2D eigenvalue weighted by Gasteiger charge is 2.31. The van der Waals surface area contributed by atoms with Crippen LogP contribution in [0.1, 0.15) is 23.6 Å². The molecule has 0 saturated carbocycles. The summed E-state index contributed by atoms with van der Waals surface area (Å²) in [6.45, 7) is 4.55. The summed E-state index contributed by atoms with van der Waals surface area (Å²) in [6.07, 6.45) is -4.46. The van der Waals surface area contributed by atoms with Crippen molar-refractivity contribution in [2.75, 3.05) is 25.6 Å². The van der Waals surface area contributed by atoms with Crippen LogP contribution in [0.3, 0.4) is 0 Å². The smallest absolute Gasteiger partial charge is 0.322 e. The van der Waals surface area contributed by atoms with Gasteiger partial charge in [-0.2, -0.15) is 13.2 Å². The summed E-state index contributed by atoms with van der Waals surface area (Å²) in [4.78, 5) is 14.3. The van der Waals surface area contributed by atoms with Crippen molar-refractivity contribution in [1.29, 1.82) is 0 Å². The molecule has 28 heavy (non-hydrogen) atoms. The van der Waals surface area contributed by atoms with Gasteiger partial charge in [0.2, 0.25) is 0 Å². The van der Waals surface area contributed by atoms with Crippen molar-refractivity contribution in [3.05, 3.63) is 64.2 Å². The lowest BCUT2D eigenvalue weighted by molar-refractivity contribution is -0.137. The molecule has 0 aliphatic heterocycles. The predicted molar refractivity (Wildman–Crippen MR) is 105 cm³/mol. The molecule has 0 spiro atoms. The Morgan fingerprint density at radius 2 is 1.75 bits per heavy atom. The van der Waals surface area contributed by atoms with Crippen molar-refractivity contribution >= 4 is 23.3 Å². The molecule has 0 fully saturated rings. The van der Waals surface area contributed by atoms with E-state index in [2.05, 4.69) is 0 Å². The maximum atomic E-state index is 12.9. The summed E-state index contributed by atoms with van der Waals surface area (Å²) in [5, 5.41) is 3.30. The van der Waals surface area contributed by atoms with E-state index in [-0.39, 0.29) is 17.6 Å². The number of halogens is 4. The van der Waals surface area contributed by atoms with Crippen molar-refractivity contribution in [3.8, 4) is 0 Å². The first-order valence-corrected chi connectivity index (χ1v) is 9.11. The van der Waals surface area contributed by atoms with E-state index in [0.717, 1.165) is 23.4 Å². The number of para-hydroxylation sites is 1. The third-order valence-electron chi connectivity index (χ3n) is 4.45. The Bertz CT molecular complexity index is 842. The number of benzene rings is 2. The summed E-state index contributed by atoms with van der Waals surface area (Å²) in [7, 11) is 3.24. The van der Waals surface area contributed by atoms with Crippen LogP contribution in [0.15, 0.2) is 42.5 Å². The first-order valence-electron chi connectivity index (χ1n) is 8.73. The van der Waals surface area contributed by atoms with Crippen molar-refractivity contribution in [2.24, 2.45) is 0 Å². The van der Waals surface area contributed by atoms with E-state index in [0.29, 0.717) is 12.1 Å². The van der Waals surface area contributed by atoms with E-state index in [4.69, 9.17) is 11.6 Å². The zero-order valence-electron chi connectivity index (χ0n) is 16.2. The zero-order chi connectivity index (χ0) is 21.1. The summed E-state index contributed by atoms with van der Waals surface area (Å²) in [5.41, 5.74) is 1.56. The zero-order valence-corrected chi connectivity index (χ0v) is 17.0. The van der Waals surface area contributed by atoms with Crippen LogP contribution in [0.25, 0.3) is 0 Å². The Labute approximate surface area is 168 Å². The molecule has 2 aromatic carbocycles. The molecule has 0 atom stereocenters. The largest absolute Gasteiger partial charge is 0.416 e. The van der Waals surface area contributed by atoms with Gasteiger partial charge in [0.15, 0.2) is 0 Å². The molecule has 8 heteroatoms. The molecule has 152 valence electrons. The summed E-state index contributed by atoms with van der Waals surface area (Å²) >= 11 is 6.01.